The number of rotatable bonds is 4. The molecule has 4 heteroatoms. The lowest BCUT2D eigenvalue weighted by atomic mass is 10.0. The van der Waals surface area contributed by atoms with Crippen molar-refractivity contribution in [2.24, 2.45) is 0 Å². The summed E-state index contributed by atoms with van der Waals surface area (Å²) in [6, 6.07) is 6.28. The van der Waals surface area contributed by atoms with Crippen LogP contribution in [0.15, 0.2) is 18.2 Å². The summed E-state index contributed by atoms with van der Waals surface area (Å²) in [5.74, 6) is 0.752. The number of ether oxygens (including phenoxy) is 1. The SMILES string of the molecule is COc1ccc(CN(C)C2CCN(C)CC2)cc1O. The van der Waals surface area contributed by atoms with Gasteiger partial charge in [0, 0.05) is 12.6 Å². The average molecular weight is 264 g/mol. The normalized spacial score (nSPS) is 17.9. The molecule has 4 nitrogen and oxygen atoms in total. The van der Waals surface area contributed by atoms with Crippen LogP contribution >= 0.6 is 0 Å². The molecule has 1 fully saturated rings. The first-order valence-electron chi connectivity index (χ1n) is 6.85. The van der Waals surface area contributed by atoms with Gasteiger partial charge in [0.25, 0.3) is 0 Å². The Kier molecular flexibility index (Phi) is 4.66. The molecule has 1 saturated heterocycles. The Hall–Kier alpha value is -1.26. The fraction of sp³-hybridized carbons (Fsp3) is 0.600. The van der Waals surface area contributed by atoms with E-state index in [2.05, 4.69) is 23.9 Å². The molecule has 0 unspecified atom stereocenters. The van der Waals surface area contributed by atoms with Crippen molar-refractivity contribution in [2.45, 2.75) is 25.4 Å². The number of piperidine rings is 1. The maximum Gasteiger partial charge on any atom is 0.160 e. The summed E-state index contributed by atoms with van der Waals surface area (Å²) >= 11 is 0. The average Bonchev–Trinajstić information content (AvgIpc) is 2.39. The van der Waals surface area contributed by atoms with Crippen molar-refractivity contribution in [3.63, 3.8) is 0 Å². The monoisotopic (exact) mass is 264 g/mol. The highest BCUT2D eigenvalue weighted by Crippen LogP contribution is 2.27. The zero-order valence-corrected chi connectivity index (χ0v) is 12.1. The van der Waals surface area contributed by atoms with E-state index in [0.717, 1.165) is 12.1 Å². The van der Waals surface area contributed by atoms with Crippen LogP contribution in [0.25, 0.3) is 0 Å². The standard InChI is InChI=1S/C15H24N2O2/c1-16-8-6-13(7-9-16)17(2)11-12-4-5-15(19-3)14(18)10-12/h4-5,10,13,18H,6-9,11H2,1-3H3. The second-order valence-corrected chi connectivity index (χ2v) is 5.46. The first-order valence-corrected chi connectivity index (χ1v) is 6.85. The molecule has 0 amide bonds. The summed E-state index contributed by atoms with van der Waals surface area (Å²) in [5, 5.41) is 9.80. The van der Waals surface area contributed by atoms with E-state index in [1.807, 2.05) is 12.1 Å². The van der Waals surface area contributed by atoms with E-state index in [-0.39, 0.29) is 5.75 Å². The Morgan fingerprint density at radius 3 is 2.63 bits per heavy atom. The van der Waals surface area contributed by atoms with Crippen molar-refractivity contribution < 1.29 is 9.84 Å². The number of phenolic OH excluding ortho intramolecular Hbond substituents is 1. The molecule has 0 saturated carbocycles. The van der Waals surface area contributed by atoms with Gasteiger partial charge in [-0.1, -0.05) is 6.07 Å². The lowest BCUT2D eigenvalue weighted by molar-refractivity contribution is 0.139. The van der Waals surface area contributed by atoms with Crippen LogP contribution in [0.3, 0.4) is 0 Å². The third kappa shape index (κ3) is 3.61. The summed E-state index contributed by atoms with van der Waals surface area (Å²) in [7, 11) is 5.91. The number of aromatic hydroxyl groups is 1. The maximum atomic E-state index is 9.80. The lowest BCUT2D eigenvalue weighted by Gasteiger charge is -2.35. The number of nitrogens with zero attached hydrogens (tertiary/aromatic N) is 2. The summed E-state index contributed by atoms with van der Waals surface area (Å²) in [6.07, 6.45) is 2.43. The molecule has 1 aliphatic rings. The Balaban J connectivity index is 1.95. The molecule has 0 aliphatic carbocycles. The van der Waals surface area contributed by atoms with Crippen LogP contribution in [0, 0.1) is 0 Å². The Labute approximate surface area is 115 Å². The molecule has 106 valence electrons. The second kappa shape index (κ2) is 6.26. The molecule has 1 aliphatic heterocycles. The van der Waals surface area contributed by atoms with E-state index in [1.165, 1.54) is 25.9 Å². The summed E-state index contributed by atoms with van der Waals surface area (Å²) in [6.45, 7) is 3.21. The predicted octanol–water partition coefficient (Wildman–Crippen LogP) is 1.93. The van der Waals surface area contributed by atoms with Crippen LogP contribution in [0.4, 0.5) is 0 Å². The molecule has 1 heterocycles. The third-order valence-corrected chi connectivity index (χ3v) is 3.99. The van der Waals surface area contributed by atoms with E-state index in [0.29, 0.717) is 11.8 Å². The van der Waals surface area contributed by atoms with Crippen molar-refractivity contribution in [2.75, 3.05) is 34.3 Å². The number of methoxy groups -OCH3 is 1. The minimum absolute atomic E-state index is 0.219. The van der Waals surface area contributed by atoms with E-state index < -0.39 is 0 Å². The molecular formula is C15H24N2O2. The summed E-state index contributed by atoms with van der Waals surface area (Å²) in [5.41, 5.74) is 1.12. The van der Waals surface area contributed by atoms with Gasteiger partial charge in [0.1, 0.15) is 0 Å². The minimum atomic E-state index is 0.219. The van der Waals surface area contributed by atoms with Crippen molar-refractivity contribution in [1.82, 2.24) is 9.80 Å². The lowest BCUT2D eigenvalue weighted by Crippen LogP contribution is -2.41. The fourth-order valence-corrected chi connectivity index (χ4v) is 2.69. The van der Waals surface area contributed by atoms with Gasteiger partial charge in [0.15, 0.2) is 11.5 Å². The van der Waals surface area contributed by atoms with E-state index in [4.69, 9.17) is 4.74 Å². The van der Waals surface area contributed by atoms with E-state index in [9.17, 15) is 5.11 Å². The maximum absolute atomic E-state index is 9.80. The van der Waals surface area contributed by atoms with Crippen LogP contribution in [0.1, 0.15) is 18.4 Å². The first kappa shape index (κ1) is 14.2. The van der Waals surface area contributed by atoms with Crippen LogP contribution in [0.5, 0.6) is 11.5 Å². The molecule has 0 aromatic heterocycles. The molecule has 0 bridgehead atoms. The fourth-order valence-electron chi connectivity index (χ4n) is 2.69. The Bertz CT molecular complexity index is 415. The van der Waals surface area contributed by atoms with Gasteiger partial charge in [0.2, 0.25) is 0 Å². The van der Waals surface area contributed by atoms with Gasteiger partial charge in [-0.05, 0) is 57.7 Å². The highest BCUT2D eigenvalue weighted by Gasteiger charge is 2.20. The number of hydrogen-bond acceptors (Lipinski definition) is 4. The van der Waals surface area contributed by atoms with Gasteiger partial charge in [-0.15, -0.1) is 0 Å². The first-order chi connectivity index (χ1) is 9.10. The number of hydrogen-bond donors (Lipinski definition) is 1. The number of phenols is 1. The highest BCUT2D eigenvalue weighted by molar-refractivity contribution is 5.41. The molecule has 1 aromatic carbocycles. The van der Waals surface area contributed by atoms with Gasteiger partial charge < -0.3 is 14.7 Å². The van der Waals surface area contributed by atoms with Gasteiger partial charge >= 0.3 is 0 Å². The zero-order valence-electron chi connectivity index (χ0n) is 12.1. The van der Waals surface area contributed by atoms with E-state index >= 15 is 0 Å². The van der Waals surface area contributed by atoms with E-state index in [1.54, 1.807) is 13.2 Å². The summed E-state index contributed by atoms with van der Waals surface area (Å²) in [4.78, 5) is 4.76. The van der Waals surface area contributed by atoms with Crippen LogP contribution in [-0.2, 0) is 6.54 Å². The molecule has 0 atom stereocenters. The molecular weight excluding hydrogens is 240 g/mol. The number of benzene rings is 1. The third-order valence-electron chi connectivity index (χ3n) is 3.99. The van der Waals surface area contributed by atoms with Gasteiger partial charge in [-0.25, -0.2) is 0 Å². The Morgan fingerprint density at radius 2 is 2.05 bits per heavy atom. The molecule has 0 radical (unpaired) electrons. The highest BCUT2D eigenvalue weighted by atomic mass is 16.5. The second-order valence-electron chi connectivity index (χ2n) is 5.46. The van der Waals surface area contributed by atoms with Crippen molar-refractivity contribution in [3.8, 4) is 11.5 Å². The predicted molar refractivity (Wildman–Crippen MR) is 76.6 cm³/mol. The zero-order chi connectivity index (χ0) is 13.8. The van der Waals surface area contributed by atoms with Crippen LogP contribution in [0.2, 0.25) is 0 Å². The molecule has 1 N–H and O–H groups in total. The van der Waals surface area contributed by atoms with Crippen LogP contribution in [-0.4, -0.2) is 55.2 Å². The van der Waals surface area contributed by atoms with Gasteiger partial charge in [0.05, 0.1) is 7.11 Å². The minimum Gasteiger partial charge on any atom is -0.504 e. The summed E-state index contributed by atoms with van der Waals surface area (Å²) < 4.78 is 5.06. The topological polar surface area (TPSA) is 35.9 Å². The largest absolute Gasteiger partial charge is 0.504 e. The smallest absolute Gasteiger partial charge is 0.160 e. The quantitative estimate of drug-likeness (QED) is 0.901. The molecule has 1 aromatic rings. The van der Waals surface area contributed by atoms with Crippen molar-refractivity contribution in [1.29, 1.82) is 0 Å². The molecule has 2 rings (SSSR count). The Morgan fingerprint density at radius 1 is 1.37 bits per heavy atom. The molecule has 19 heavy (non-hydrogen) atoms. The van der Waals surface area contributed by atoms with Crippen molar-refractivity contribution >= 4 is 0 Å². The van der Waals surface area contributed by atoms with Crippen LogP contribution < -0.4 is 4.74 Å². The van der Waals surface area contributed by atoms with Gasteiger partial charge in [-0.3, -0.25) is 4.90 Å². The van der Waals surface area contributed by atoms with Crippen molar-refractivity contribution in [3.05, 3.63) is 23.8 Å². The molecule has 0 spiro atoms. The number of likely N-dealkylation sites (tertiary alicyclic amines) is 1. The van der Waals surface area contributed by atoms with Gasteiger partial charge in [-0.2, -0.15) is 0 Å².